The number of allylic oxidation sites excluding steroid dienone is 3. The molecule has 0 bridgehead atoms. The first-order valence-corrected chi connectivity index (χ1v) is 9.02. The molecule has 1 saturated carbocycles. The van der Waals surface area contributed by atoms with Gasteiger partial charge < -0.3 is 11.1 Å². The van der Waals surface area contributed by atoms with Crippen LogP contribution < -0.4 is 11.1 Å². The molecule has 128 valence electrons. The van der Waals surface area contributed by atoms with Crippen molar-refractivity contribution >= 4 is 5.91 Å². The zero-order valence-electron chi connectivity index (χ0n) is 14.7. The average molecular weight is 324 g/mol. The van der Waals surface area contributed by atoms with Gasteiger partial charge in [0, 0.05) is 23.8 Å². The van der Waals surface area contributed by atoms with Crippen LogP contribution in [0, 0.1) is 18.8 Å². The van der Waals surface area contributed by atoms with Gasteiger partial charge >= 0.3 is 0 Å². The lowest BCUT2D eigenvalue weighted by molar-refractivity contribution is -0.121. The molecule has 0 spiro atoms. The summed E-state index contributed by atoms with van der Waals surface area (Å²) in [5, 5.41) is 3.56. The molecule has 1 aromatic carbocycles. The number of rotatable bonds is 7. The number of carbonyl (C=O) groups excluding carboxylic acids is 1. The van der Waals surface area contributed by atoms with Crippen LogP contribution in [0.5, 0.6) is 0 Å². The Morgan fingerprint density at radius 1 is 1.33 bits per heavy atom. The van der Waals surface area contributed by atoms with E-state index in [0.717, 1.165) is 19.4 Å². The smallest absolute Gasteiger partial charge is 0.220 e. The first-order valence-electron chi connectivity index (χ1n) is 9.02. The molecule has 3 nitrogen and oxygen atoms in total. The predicted octanol–water partition coefficient (Wildman–Crippen LogP) is 3.45. The van der Waals surface area contributed by atoms with Crippen LogP contribution in [-0.2, 0) is 4.79 Å². The molecular weight excluding hydrogens is 296 g/mol. The first kappa shape index (κ1) is 17.0. The maximum Gasteiger partial charge on any atom is 0.220 e. The summed E-state index contributed by atoms with van der Waals surface area (Å²) in [5.74, 6) is 0.906. The number of aryl methyl sites for hydroxylation is 1. The van der Waals surface area contributed by atoms with E-state index in [1.54, 1.807) is 0 Å². The Morgan fingerprint density at radius 3 is 2.71 bits per heavy atom. The number of hydrogen-bond donors (Lipinski definition) is 2. The van der Waals surface area contributed by atoms with Crippen molar-refractivity contribution in [2.24, 2.45) is 17.6 Å². The Morgan fingerprint density at radius 2 is 2.08 bits per heavy atom. The third-order valence-electron chi connectivity index (χ3n) is 5.32. The molecule has 0 aromatic heterocycles. The van der Waals surface area contributed by atoms with Gasteiger partial charge in [-0.2, -0.15) is 0 Å². The molecule has 24 heavy (non-hydrogen) atoms. The van der Waals surface area contributed by atoms with Gasteiger partial charge in [0.1, 0.15) is 0 Å². The molecular formula is C21H28N2O. The van der Waals surface area contributed by atoms with Crippen molar-refractivity contribution < 1.29 is 4.79 Å². The van der Waals surface area contributed by atoms with E-state index < -0.39 is 0 Å². The standard InChI is InChI=1S/C21H28N2O/c1-14-3-5-16(6-4-14)17-7-9-18(10-8-17)19-13-20(19)23-12-11-15(2)21(22)24/h3-7,9-10,15,17,19-20,23H,8,11-13H2,1-2H3,(H2,22,24). The minimum Gasteiger partial charge on any atom is -0.369 e. The summed E-state index contributed by atoms with van der Waals surface area (Å²) in [4.78, 5) is 11.0. The number of nitrogens with two attached hydrogens (primary N) is 1. The quantitative estimate of drug-likeness (QED) is 0.807. The van der Waals surface area contributed by atoms with Crippen molar-refractivity contribution in [3.05, 3.63) is 59.2 Å². The van der Waals surface area contributed by atoms with Crippen LogP contribution in [0.25, 0.3) is 0 Å². The first-order chi connectivity index (χ1) is 11.5. The fraction of sp³-hybridized carbons (Fsp3) is 0.476. The van der Waals surface area contributed by atoms with Crippen LogP contribution >= 0.6 is 0 Å². The Hall–Kier alpha value is -1.87. The highest BCUT2D eigenvalue weighted by molar-refractivity contribution is 5.76. The van der Waals surface area contributed by atoms with Crippen molar-refractivity contribution in [3.8, 4) is 0 Å². The summed E-state index contributed by atoms with van der Waals surface area (Å²) < 4.78 is 0. The second-order valence-corrected chi connectivity index (χ2v) is 7.31. The Bertz CT molecular complexity index is 644. The molecule has 1 aromatic rings. The molecule has 4 atom stereocenters. The predicted molar refractivity (Wildman–Crippen MR) is 98.6 cm³/mol. The summed E-state index contributed by atoms with van der Waals surface area (Å²) in [6.45, 7) is 4.89. The SMILES string of the molecule is Cc1ccc(C2C=CC(C3CC3NCCC(C)C(N)=O)=CC2)cc1. The lowest BCUT2D eigenvalue weighted by Gasteiger charge is -2.17. The highest BCUT2D eigenvalue weighted by atomic mass is 16.1. The topological polar surface area (TPSA) is 55.1 Å². The van der Waals surface area contributed by atoms with Gasteiger partial charge in [0.2, 0.25) is 5.91 Å². The fourth-order valence-electron chi connectivity index (χ4n) is 3.39. The van der Waals surface area contributed by atoms with Crippen LogP contribution in [0.15, 0.2) is 48.1 Å². The molecule has 0 saturated heterocycles. The molecule has 3 N–H and O–H groups in total. The third kappa shape index (κ3) is 4.15. The molecule has 0 radical (unpaired) electrons. The number of nitrogens with one attached hydrogen (secondary N) is 1. The van der Waals surface area contributed by atoms with Crippen molar-refractivity contribution in [2.45, 2.75) is 45.1 Å². The largest absolute Gasteiger partial charge is 0.369 e. The van der Waals surface area contributed by atoms with Crippen LogP contribution in [0.4, 0.5) is 0 Å². The fourth-order valence-corrected chi connectivity index (χ4v) is 3.39. The zero-order valence-corrected chi connectivity index (χ0v) is 14.7. The maximum absolute atomic E-state index is 11.0. The lowest BCUT2D eigenvalue weighted by Crippen LogP contribution is -2.27. The summed E-state index contributed by atoms with van der Waals surface area (Å²) in [7, 11) is 0. The van der Waals surface area contributed by atoms with Crippen LogP contribution in [0.2, 0.25) is 0 Å². The molecule has 1 fully saturated rings. The van der Waals surface area contributed by atoms with Gasteiger partial charge in [0.25, 0.3) is 0 Å². The number of primary amides is 1. The minimum absolute atomic E-state index is 0.0428. The highest BCUT2D eigenvalue weighted by Crippen LogP contribution is 2.41. The van der Waals surface area contributed by atoms with E-state index in [0.29, 0.717) is 17.9 Å². The third-order valence-corrected chi connectivity index (χ3v) is 5.32. The summed E-state index contributed by atoms with van der Waals surface area (Å²) in [5.41, 5.74) is 9.48. The van der Waals surface area contributed by atoms with Crippen LogP contribution in [0.3, 0.4) is 0 Å². The van der Waals surface area contributed by atoms with E-state index in [9.17, 15) is 4.79 Å². The Kier molecular flexibility index (Phi) is 5.20. The van der Waals surface area contributed by atoms with Crippen molar-refractivity contribution in [1.82, 2.24) is 5.32 Å². The molecule has 4 unspecified atom stereocenters. The molecule has 0 aliphatic heterocycles. The van der Waals surface area contributed by atoms with Crippen LogP contribution in [-0.4, -0.2) is 18.5 Å². The second-order valence-electron chi connectivity index (χ2n) is 7.31. The van der Waals surface area contributed by atoms with Gasteiger partial charge in [0.05, 0.1) is 0 Å². The van der Waals surface area contributed by atoms with Gasteiger partial charge in [-0.05, 0) is 43.9 Å². The van der Waals surface area contributed by atoms with Gasteiger partial charge in [-0.3, -0.25) is 4.79 Å². The normalized spacial score (nSPS) is 26.8. The Labute approximate surface area is 145 Å². The Balaban J connectivity index is 1.44. The second kappa shape index (κ2) is 7.35. The van der Waals surface area contributed by atoms with E-state index in [1.807, 2.05) is 6.92 Å². The highest BCUT2D eigenvalue weighted by Gasteiger charge is 2.38. The molecule has 1 amide bonds. The van der Waals surface area contributed by atoms with Crippen molar-refractivity contribution in [1.29, 1.82) is 0 Å². The monoisotopic (exact) mass is 324 g/mol. The number of amides is 1. The number of carbonyl (C=O) groups is 1. The molecule has 3 rings (SSSR count). The van der Waals surface area contributed by atoms with E-state index in [4.69, 9.17) is 5.73 Å². The number of benzene rings is 1. The van der Waals surface area contributed by atoms with Gasteiger partial charge in [-0.25, -0.2) is 0 Å². The summed E-state index contributed by atoms with van der Waals surface area (Å²) in [6.07, 6.45) is 10.2. The molecule has 3 heteroatoms. The lowest BCUT2D eigenvalue weighted by atomic mass is 9.88. The van der Waals surface area contributed by atoms with Gasteiger partial charge in [-0.15, -0.1) is 0 Å². The summed E-state index contributed by atoms with van der Waals surface area (Å²) in [6, 6.07) is 9.43. The molecule has 2 aliphatic rings. The van der Waals surface area contributed by atoms with Crippen LogP contribution in [0.1, 0.15) is 43.2 Å². The van der Waals surface area contributed by atoms with E-state index in [-0.39, 0.29) is 11.8 Å². The van der Waals surface area contributed by atoms with E-state index in [1.165, 1.54) is 23.1 Å². The zero-order chi connectivity index (χ0) is 17.1. The molecule has 2 aliphatic carbocycles. The van der Waals surface area contributed by atoms with E-state index in [2.05, 4.69) is 54.7 Å². The summed E-state index contributed by atoms with van der Waals surface area (Å²) >= 11 is 0. The number of hydrogen-bond acceptors (Lipinski definition) is 2. The van der Waals surface area contributed by atoms with Gasteiger partial charge in [0.15, 0.2) is 0 Å². The molecule has 0 heterocycles. The minimum atomic E-state index is -0.204. The van der Waals surface area contributed by atoms with Crippen molar-refractivity contribution in [2.75, 3.05) is 6.54 Å². The van der Waals surface area contributed by atoms with Gasteiger partial charge in [-0.1, -0.05) is 55.0 Å². The average Bonchev–Trinajstić information content (AvgIpc) is 3.35. The van der Waals surface area contributed by atoms with E-state index >= 15 is 0 Å². The van der Waals surface area contributed by atoms with Crippen molar-refractivity contribution in [3.63, 3.8) is 0 Å². The maximum atomic E-state index is 11.0.